The molecule has 0 atom stereocenters. The Bertz CT molecular complexity index is 815. The molecule has 1 aromatic carbocycles. The van der Waals surface area contributed by atoms with Gasteiger partial charge < -0.3 is 4.74 Å². The van der Waals surface area contributed by atoms with Gasteiger partial charge in [0.25, 0.3) is 11.2 Å². The maximum atomic E-state index is 12.6. The van der Waals surface area contributed by atoms with Crippen molar-refractivity contribution < 1.29 is 22.8 Å². The highest BCUT2D eigenvalue weighted by Crippen LogP contribution is 2.39. The smallest absolute Gasteiger partial charge is 0.421 e. The van der Waals surface area contributed by atoms with E-state index in [4.69, 9.17) is 27.9 Å². The van der Waals surface area contributed by atoms with Crippen LogP contribution in [0.2, 0.25) is 10.0 Å². The van der Waals surface area contributed by atoms with Crippen LogP contribution in [0.4, 0.5) is 18.9 Å². The third-order valence-corrected chi connectivity index (χ3v) is 3.05. The lowest BCUT2D eigenvalue weighted by Crippen LogP contribution is -2.22. The van der Waals surface area contributed by atoms with Crippen LogP contribution in [0.3, 0.4) is 0 Å². The number of non-ortho nitro benzene ring substituents is 1. The third-order valence-electron chi connectivity index (χ3n) is 2.49. The van der Waals surface area contributed by atoms with Gasteiger partial charge >= 0.3 is 6.18 Å². The first-order valence-corrected chi connectivity index (χ1v) is 6.33. The molecule has 0 bridgehead atoms. The average molecular weight is 370 g/mol. The van der Waals surface area contributed by atoms with E-state index in [2.05, 4.69) is 5.10 Å². The van der Waals surface area contributed by atoms with Crippen molar-refractivity contribution >= 4 is 28.9 Å². The molecule has 0 unspecified atom stereocenters. The topological polar surface area (TPSA) is 98.1 Å². The summed E-state index contributed by atoms with van der Waals surface area (Å²) >= 11 is 11.5. The van der Waals surface area contributed by atoms with Gasteiger partial charge in [-0.1, -0.05) is 23.2 Å². The predicted molar refractivity (Wildman–Crippen MR) is 73.1 cm³/mol. The summed E-state index contributed by atoms with van der Waals surface area (Å²) in [5, 5.41) is 14.9. The van der Waals surface area contributed by atoms with Crippen molar-refractivity contribution in [2.45, 2.75) is 6.18 Å². The number of nitrogens with one attached hydrogen (secondary N) is 1. The Hall–Kier alpha value is -2.33. The zero-order chi connectivity index (χ0) is 17.4. The predicted octanol–water partition coefficient (Wildman–Crippen LogP) is 3.80. The first-order valence-electron chi connectivity index (χ1n) is 5.58. The SMILES string of the molecule is O=c1[nH]nc(Oc2c(Cl)cc([N+](=O)[O-])cc2Cl)cc1C(F)(F)F. The maximum Gasteiger partial charge on any atom is 0.421 e. The van der Waals surface area contributed by atoms with Crippen LogP contribution < -0.4 is 10.3 Å². The van der Waals surface area contributed by atoms with E-state index in [1.807, 2.05) is 0 Å². The number of ether oxygens (including phenoxy) is 1. The standard InChI is InChI=1S/C11H4Cl2F3N3O4/c12-6-1-4(19(21)22)2-7(13)9(6)23-8-3-5(11(14,15)16)10(20)18-17-8/h1-3H,(H,18,20). The molecule has 2 rings (SSSR count). The number of alkyl halides is 3. The van der Waals surface area contributed by atoms with Gasteiger partial charge in [-0.15, -0.1) is 5.10 Å². The largest absolute Gasteiger partial charge is 0.434 e. The number of nitro benzene ring substituents is 1. The summed E-state index contributed by atoms with van der Waals surface area (Å²) in [6.07, 6.45) is -4.92. The van der Waals surface area contributed by atoms with E-state index in [1.54, 1.807) is 5.10 Å². The number of rotatable bonds is 3. The third kappa shape index (κ3) is 3.71. The monoisotopic (exact) mass is 369 g/mol. The maximum absolute atomic E-state index is 12.6. The molecule has 1 heterocycles. The molecular weight excluding hydrogens is 366 g/mol. The van der Waals surface area contributed by atoms with Crippen LogP contribution in [0.15, 0.2) is 23.0 Å². The Morgan fingerprint density at radius 2 is 1.78 bits per heavy atom. The average Bonchev–Trinajstić information content (AvgIpc) is 2.42. The molecule has 122 valence electrons. The number of benzene rings is 1. The van der Waals surface area contributed by atoms with Crippen molar-refractivity contribution in [2.24, 2.45) is 0 Å². The van der Waals surface area contributed by atoms with Gasteiger partial charge in [0.15, 0.2) is 5.75 Å². The number of hydrogen-bond acceptors (Lipinski definition) is 5. The van der Waals surface area contributed by atoms with E-state index in [-0.39, 0.29) is 15.8 Å². The van der Waals surface area contributed by atoms with E-state index in [9.17, 15) is 28.1 Å². The van der Waals surface area contributed by atoms with Crippen molar-refractivity contribution in [3.8, 4) is 11.6 Å². The summed E-state index contributed by atoms with van der Waals surface area (Å²) in [5.74, 6) is -0.985. The number of aromatic amines is 1. The molecule has 0 aliphatic heterocycles. The molecule has 0 spiro atoms. The molecule has 0 fully saturated rings. The molecule has 0 aliphatic carbocycles. The normalized spacial score (nSPS) is 11.3. The van der Waals surface area contributed by atoms with E-state index in [0.717, 1.165) is 12.1 Å². The summed E-state index contributed by atoms with van der Waals surface area (Å²) in [5.41, 5.74) is -3.42. The minimum atomic E-state index is -4.92. The molecule has 0 amide bonds. The van der Waals surface area contributed by atoms with Crippen molar-refractivity contribution in [3.63, 3.8) is 0 Å². The van der Waals surface area contributed by atoms with Gasteiger partial charge in [0.2, 0.25) is 5.88 Å². The van der Waals surface area contributed by atoms with Gasteiger partial charge in [0.1, 0.15) is 5.56 Å². The minimum Gasteiger partial charge on any atom is -0.434 e. The highest BCUT2D eigenvalue weighted by molar-refractivity contribution is 6.37. The van der Waals surface area contributed by atoms with Crippen LogP contribution in [0.1, 0.15) is 5.56 Å². The highest BCUT2D eigenvalue weighted by atomic mass is 35.5. The summed E-state index contributed by atoms with van der Waals surface area (Å²) in [4.78, 5) is 21.0. The lowest BCUT2D eigenvalue weighted by Gasteiger charge is -2.10. The van der Waals surface area contributed by atoms with Crippen molar-refractivity contribution in [1.29, 1.82) is 0 Å². The highest BCUT2D eigenvalue weighted by Gasteiger charge is 2.35. The summed E-state index contributed by atoms with van der Waals surface area (Å²) in [6, 6.07) is 2.16. The molecule has 1 aromatic heterocycles. The van der Waals surface area contributed by atoms with Crippen LogP contribution in [0.5, 0.6) is 11.6 Å². The second-order valence-corrected chi connectivity index (χ2v) is 4.86. The Morgan fingerprint density at radius 3 is 2.26 bits per heavy atom. The van der Waals surface area contributed by atoms with Crippen LogP contribution >= 0.6 is 23.2 Å². The summed E-state index contributed by atoms with van der Waals surface area (Å²) in [6.45, 7) is 0. The number of nitrogens with zero attached hydrogens (tertiary/aromatic N) is 2. The lowest BCUT2D eigenvalue weighted by molar-refractivity contribution is -0.384. The first kappa shape index (κ1) is 17.0. The molecule has 0 saturated carbocycles. The lowest BCUT2D eigenvalue weighted by atomic mass is 10.3. The zero-order valence-electron chi connectivity index (χ0n) is 10.6. The van der Waals surface area contributed by atoms with E-state index in [1.165, 1.54) is 0 Å². The number of H-pyrrole nitrogens is 1. The summed E-state index contributed by atoms with van der Waals surface area (Å²) < 4.78 is 42.9. The summed E-state index contributed by atoms with van der Waals surface area (Å²) in [7, 11) is 0. The van der Waals surface area contributed by atoms with Crippen LogP contribution in [0.25, 0.3) is 0 Å². The zero-order valence-corrected chi connectivity index (χ0v) is 12.2. The Morgan fingerprint density at radius 1 is 1.22 bits per heavy atom. The van der Waals surface area contributed by atoms with Crippen LogP contribution in [-0.4, -0.2) is 15.1 Å². The Balaban J connectivity index is 2.44. The second kappa shape index (κ2) is 6.05. The van der Waals surface area contributed by atoms with Gasteiger partial charge in [-0.3, -0.25) is 14.9 Å². The fourth-order valence-corrected chi connectivity index (χ4v) is 2.06. The molecule has 12 heteroatoms. The van der Waals surface area contributed by atoms with Crippen molar-refractivity contribution in [3.05, 3.63) is 54.3 Å². The molecular formula is C11H4Cl2F3N3O4. The van der Waals surface area contributed by atoms with Crippen molar-refractivity contribution in [1.82, 2.24) is 10.2 Å². The Kier molecular flexibility index (Phi) is 4.48. The van der Waals surface area contributed by atoms with Gasteiger partial charge in [-0.2, -0.15) is 13.2 Å². The fourth-order valence-electron chi connectivity index (χ4n) is 1.50. The number of aromatic nitrogens is 2. The minimum absolute atomic E-state index is 0.314. The molecule has 2 aromatic rings. The molecule has 0 radical (unpaired) electrons. The quantitative estimate of drug-likeness (QED) is 0.655. The number of nitro groups is 1. The van der Waals surface area contributed by atoms with Crippen molar-refractivity contribution in [2.75, 3.05) is 0 Å². The number of hydrogen-bond donors (Lipinski definition) is 1. The van der Waals surface area contributed by atoms with Gasteiger partial charge in [0.05, 0.1) is 15.0 Å². The van der Waals surface area contributed by atoms with Gasteiger partial charge in [-0.05, 0) is 0 Å². The van der Waals surface area contributed by atoms with Crippen LogP contribution in [-0.2, 0) is 6.18 Å². The molecule has 23 heavy (non-hydrogen) atoms. The first-order chi connectivity index (χ1) is 10.6. The molecule has 7 nitrogen and oxygen atoms in total. The van der Waals surface area contributed by atoms with E-state index < -0.39 is 33.8 Å². The number of halogens is 5. The second-order valence-electron chi connectivity index (χ2n) is 4.04. The fraction of sp³-hybridized carbons (Fsp3) is 0.0909. The van der Waals surface area contributed by atoms with Gasteiger partial charge in [0, 0.05) is 18.2 Å². The Labute approximate surface area is 134 Å². The van der Waals surface area contributed by atoms with Gasteiger partial charge in [-0.25, -0.2) is 5.10 Å². The van der Waals surface area contributed by atoms with E-state index >= 15 is 0 Å². The van der Waals surface area contributed by atoms with E-state index in [0.29, 0.717) is 6.07 Å². The molecule has 0 aliphatic rings. The van der Waals surface area contributed by atoms with Crippen LogP contribution in [0, 0.1) is 10.1 Å². The molecule has 1 N–H and O–H groups in total. The molecule has 0 saturated heterocycles.